The third-order valence-electron chi connectivity index (χ3n) is 0.761. The van der Waals surface area contributed by atoms with Crippen molar-refractivity contribution in [3.63, 3.8) is 0 Å². The van der Waals surface area contributed by atoms with Gasteiger partial charge in [0.1, 0.15) is 6.61 Å². The smallest absolute Gasteiger partial charge is 0.247 e. The van der Waals surface area contributed by atoms with Crippen molar-refractivity contribution < 1.29 is 16.8 Å². The molecule has 0 atom stereocenters. The topological polar surface area (TPSA) is 52.6 Å². The van der Waals surface area contributed by atoms with Crippen molar-refractivity contribution in [2.24, 2.45) is 0 Å². The Bertz CT molecular complexity index is 290. The fraction of sp³-hybridized carbons (Fsp3) is 0.429. The molecule has 0 fully saturated rings. The Morgan fingerprint density at radius 3 is 2.33 bits per heavy atom. The van der Waals surface area contributed by atoms with Gasteiger partial charge >= 0.3 is 10.4 Å². The standard InChI is InChI=1S/C7H8O4S/c1-3-5-7-11-12(8,9)10-6-4-2/h1-2H,5-7H2. The molecule has 0 rings (SSSR count). The molecule has 0 spiro atoms. The van der Waals surface area contributed by atoms with Crippen molar-refractivity contribution in [2.45, 2.75) is 6.42 Å². The number of hydrogen-bond donors (Lipinski definition) is 0. The van der Waals surface area contributed by atoms with E-state index in [1.807, 2.05) is 5.92 Å². The summed E-state index contributed by atoms with van der Waals surface area (Å²) in [6.45, 7) is -0.429. The zero-order valence-corrected chi connectivity index (χ0v) is 7.13. The van der Waals surface area contributed by atoms with Crippen molar-refractivity contribution in [3.8, 4) is 24.7 Å². The molecule has 0 amide bonds. The van der Waals surface area contributed by atoms with Gasteiger partial charge in [-0.05, 0) is 0 Å². The molecular formula is C7H8O4S. The second-order valence-electron chi connectivity index (χ2n) is 1.65. The van der Waals surface area contributed by atoms with E-state index in [4.69, 9.17) is 12.8 Å². The lowest BCUT2D eigenvalue weighted by Gasteiger charge is -2.00. The molecule has 0 aromatic carbocycles. The first-order valence-corrected chi connectivity index (χ1v) is 4.36. The van der Waals surface area contributed by atoms with Crippen molar-refractivity contribution in [1.82, 2.24) is 0 Å². The van der Waals surface area contributed by atoms with Gasteiger partial charge in [-0.25, -0.2) is 8.37 Å². The molecule has 0 aliphatic heterocycles. The molecule has 4 nitrogen and oxygen atoms in total. The summed E-state index contributed by atoms with van der Waals surface area (Å²) in [6.07, 6.45) is 9.83. The third-order valence-corrected chi connectivity index (χ3v) is 1.62. The summed E-state index contributed by atoms with van der Waals surface area (Å²) < 4.78 is 29.8. The van der Waals surface area contributed by atoms with Gasteiger partial charge in [0, 0.05) is 6.42 Å². The Labute approximate surface area is 72.2 Å². The van der Waals surface area contributed by atoms with Crippen LogP contribution >= 0.6 is 0 Å². The van der Waals surface area contributed by atoms with Crippen LogP contribution in [-0.2, 0) is 18.8 Å². The highest BCUT2D eigenvalue weighted by Crippen LogP contribution is 1.95. The maximum Gasteiger partial charge on any atom is 0.400 e. The average Bonchev–Trinajstić information content (AvgIpc) is 2.01. The zero-order chi connectivity index (χ0) is 9.45. The Morgan fingerprint density at radius 2 is 1.83 bits per heavy atom. The maximum absolute atomic E-state index is 10.7. The average molecular weight is 188 g/mol. The lowest BCUT2D eigenvalue weighted by molar-refractivity contribution is 0.236. The van der Waals surface area contributed by atoms with E-state index in [1.54, 1.807) is 0 Å². The SMILES string of the molecule is C#CCCOS(=O)(=O)OCC#C. The largest absolute Gasteiger partial charge is 0.400 e. The van der Waals surface area contributed by atoms with E-state index in [-0.39, 0.29) is 19.6 Å². The summed E-state index contributed by atoms with van der Waals surface area (Å²) in [6, 6.07) is 0. The van der Waals surface area contributed by atoms with Crippen molar-refractivity contribution in [3.05, 3.63) is 0 Å². The van der Waals surface area contributed by atoms with Gasteiger partial charge in [0.05, 0.1) is 6.61 Å². The van der Waals surface area contributed by atoms with E-state index < -0.39 is 10.4 Å². The Balaban J connectivity index is 3.76. The molecule has 0 saturated carbocycles. The van der Waals surface area contributed by atoms with Crippen LogP contribution in [0.3, 0.4) is 0 Å². The predicted molar refractivity (Wildman–Crippen MR) is 43.1 cm³/mol. The third kappa shape index (κ3) is 5.75. The quantitative estimate of drug-likeness (QED) is 0.447. The Morgan fingerprint density at radius 1 is 1.17 bits per heavy atom. The van der Waals surface area contributed by atoms with E-state index in [9.17, 15) is 8.42 Å². The molecule has 0 saturated heterocycles. The molecule has 0 aliphatic carbocycles. The molecule has 0 aromatic heterocycles. The van der Waals surface area contributed by atoms with Crippen LogP contribution in [0.5, 0.6) is 0 Å². The molecule has 12 heavy (non-hydrogen) atoms. The van der Waals surface area contributed by atoms with Gasteiger partial charge < -0.3 is 0 Å². The Kier molecular flexibility index (Phi) is 5.14. The van der Waals surface area contributed by atoms with Gasteiger partial charge in [-0.1, -0.05) is 5.92 Å². The fourth-order valence-electron chi connectivity index (χ4n) is 0.343. The molecule has 0 N–H and O–H groups in total. The molecule has 0 aliphatic rings. The van der Waals surface area contributed by atoms with Gasteiger partial charge in [-0.2, -0.15) is 8.42 Å². The van der Waals surface area contributed by atoms with Gasteiger partial charge in [-0.15, -0.1) is 18.8 Å². The van der Waals surface area contributed by atoms with E-state index in [0.717, 1.165) is 0 Å². The molecule has 0 radical (unpaired) electrons. The maximum atomic E-state index is 10.7. The lowest BCUT2D eigenvalue weighted by Crippen LogP contribution is -2.10. The highest BCUT2D eigenvalue weighted by Gasteiger charge is 2.09. The van der Waals surface area contributed by atoms with Crippen LogP contribution in [0.4, 0.5) is 0 Å². The number of terminal acetylenes is 2. The van der Waals surface area contributed by atoms with Crippen LogP contribution in [0.25, 0.3) is 0 Å². The first-order valence-electron chi connectivity index (χ1n) is 3.03. The van der Waals surface area contributed by atoms with Crippen LogP contribution < -0.4 is 0 Å². The van der Waals surface area contributed by atoms with Gasteiger partial charge in [0.15, 0.2) is 0 Å². The fourth-order valence-corrected chi connectivity index (χ4v) is 0.911. The number of hydrogen-bond acceptors (Lipinski definition) is 4. The molecule has 0 heterocycles. The summed E-state index contributed by atoms with van der Waals surface area (Å²) in [4.78, 5) is 0. The molecule has 0 aromatic rings. The van der Waals surface area contributed by atoms with Crippen LogP contribution in [0.15, 0.2) is 0 Å². The number of rotatable bonds is 5. The monoisotopic (exact) mass is 188 g/mol. The van der Waals surface area contributed by atoms with Crippen molar-refractivity contribution in [1.29, 1.82) is 0 Å². The van der Waals surface area contributed by atoms with Gasteiger partial charge in [0.25, 0.3) is 0 Å². The van der Waals surface area contributed by atoms with E-state index in [2.05, 4.69) is 14.3 Å². The van der Waals surface area contributed by atoms with Crippen molar-refractivity contribution >= 4 is 10.4 Å². The molecule has 5 heteroatoms. The summed E-state index contributed by atoms with van der Waals surface area (Å²) in [5.74, 6) is 4.20. The van der Waals surface area contributed by atoms with Crippen molar-refractivity contribution in [2.75, 3.05) is 13.2 Å². The molecular weight excluding hydrogens is 180 g/mol. The first-order chi connectivity index (χ1) is 5.62. The van der Waals surface area contributed by atoms with Crippen LogP contribution in [0, 0.1) is 24.7 Å². The highest BCUT2D eigenvalue weighted by atomic mass is 32.3. The van der Waals surface area contributed by atoms with E-state index in [1.165, 1.54) is 0 Å². The predicted octanol–water partition coefficient (Wildman–Crippen LogP) is -0.0791. The van der Waals surface area contributed by atoms with Crippen LogP contribution in [0.2, 0.25) is 0 Å². The van der Waals surface area contributed by atoms with Crippen LogP contribution in [0.1, 0.15) is 6.42 Å². The van der Waals surface area contributed by atoms with Gasteiger partial charge in [0.2, 0.25) is 0 Å². The minimum absolute atomic E-state index is 0.0938. The van der Waals surface area contributed by atoms with E-state index >= 15 is 0 Å². The second kappa shape index (κ2) is 5.62. The minimum atomic E-state index is -3.95. The molecule has 0 unspecified atom stereocenters. The van der Waals surface area contributed by atoms with Gasteiger partial charge in [-0.3, -0.25) is 0 Å². The van der Waals surface area contributed by atoms with Crippen LogP contribution in [-0.4, -0.2) is 21.6 Å². The summed E-state index contributed by atoms with van der Waals surface area (Å²) in [7, 11) is -3.95. The zero-order valence-electron chi connectivity index (χ0n) is 6.32. The lowest BCUT2D eigenvalue weighted by atomic mass is 10.5. The highest BCUT2D eigenvalue weighted by molar-refractivity contribution is 7.81. The first kappa shape index (κ1) is 11.0. The summed E-state index contributed by atoms with van der Waals surface area (Å²) >= 11 is 0. The molecule has 0 bridgehead atoms. The van der Waals surface area contributed by atoms with E-state index in [0.29, 0.717) is 0 Å². The minimum Gasteiger partial charge on any atom is -0.247 e. The molecule has 66 valence electrons. The normalized spacial score (nSPS) is 10.2. The second-order valence-corrected chi connectivity index (χ2v) is 2.94. The summed E-state index contributed by atoms with van der Waals surface area (Å²) in [5.41, 5.74) is 0. The Hall–Kier alpha value is -1.01. The summed E-state index contributed by atoms with van der Waals surface area (Å²) in [5, 5.41) is 0.